The zero-order valence-electron chi connectivity index (χ0n) is 14.7. The number of Topliss-reactive ketones (excluding diaryl/α,β-unsaturated/α-hetero) is 1. The van der Waals surface area contributed by atoms with Gasteiger partial charge in [-0.1, -0.05) is 12.1 Å². The molecule has 0 saturated carbocycles. The Morgan fingerprint density at radius 3 is 2.35 bits per heavy atom. The van der Waals surface area contributed by atoms with Crippen molar-refractivity contribution in [3.63, 3.8) is 0 Å². The second-order valence-corrected chi connectivity index (χ2v) is 8.72. The van der Waals surface area contributed by atoms with E-state index in [-0.39, 0.29) is 22.8 Å². The molecule has 2 aromatic rings. The van der Waals surface area contributed by atoms with Crippen LogP contribution in [-0.4, -0.2) is 53.6 Å². The van der Waals surface area contributed by atoms with Crippen molar-refractivity contribution in [3.05, 3.63) is 47.9 Å². The molecule has 3 aliphatic heterocycles. The van der Waals surface area contributed by atoms with Gasteiger partial charge in [0.15, 0.2) is 5.78 Å². The lowest BCUT2D eigenvalue weighted by Gasteiger charge is -2.55. The van der Waals surface area contributed by atoms with Crippen molar-refractivity contribution in [2.45, 2.75) is 37.2 Å². The van der Waals surface area contributed by atoms with Gasteiger partial charge in [0.05, 0.1) is 4.90 Å². The minimum atomic E-state index is -3.56. The summed E-state index contributed by atoms with van der Waals surface area (Å²) in [4.78, 5) is 22.2. The minimum Gasteiger partial charge on any atom is -0.353 e. The third kappa shape index (κ3) is 2.79. The molecule has 0 radical (unpaired) electrons. The van der Waals surface area contributed by atoms with Gasteiger partial charge in [-0.3, -0.25) is 4.79 Å². The number of benzene rings is 1. The SMILES string of the molecule is CC(=O)c1ccc(S(=O)(=O)N2C3CC2CN(c2cc(C)ncn2)C3)cc1. The van der Waals surface area contributed by atoms with Crippen LogP contribution in [0.1, 0.15) is 29.4 Å². The maximum Gasteiger partial charge on any atom is 0.243 e. The largest absolute Gasteiger partial charge is 0.353 e. The highest BCUT2D eigenvalue weighted by Gasteiger charge is 2.51. The first kappa shape index (κ1) is 17.1. The molecule has 0 N–H and O–H groups in total. The molecule has 2 bridgehead atoms. The van der Waals surface area contributed by atoms with Crippen molar-refractivity contribution in [2.24, 2.45) is 0 Å². The van der Waals surface area contributed by atoms with E-state index in [0.29, 0.717) is 18.7 Å². The molecule has 26 heavy (non-hydrogen) atoms. The third-order valence-electron chi connectivity index (χ3n) is 5.08. The zero-order valence-corrected chi connectivity index (χ0v) is 15.5. The Morgan fingerprint density at radius 1 is 1.12 bits per heavy atom. The minimum absolute atomic E-state index is 0.0542. The maximum atomic E-state index is 13.0. The van der Waals surface area contributed by atoms with E-state index >= 15 is 0 Å². The summed E-state index contributed by atoms with van der Waals surface area (Å²) in [7, 11) is -3.56. The number of anilines is 1. The lowest BCUT2D eigenvalue weighted by molar-refractivity contribution is 0.0874. The van der Waals surface area contributed by atoms with Gasteiger partial charge in [-0.2, -0.15) is 4.31 Å². The van der Waals surface area contributed by atoms with E-state index in [4.69, 9.17) is 0 Å². The summed E-state index contributed by atoms with van der Waals surface area (Å²) in [5.74, 6) is 0.764. The summed E-state index contributed by atoms with van der Waals surface area (Å²) < 4.78 is 27.6. The standard InChI is InChI=1S/C18H20N4O3S/c1-12-7-18(20-11-19-12)21-9-15-8-16(10-21)22(15)26(24,25)17-5-3-14(4-6-17)13(2)23/h3-7,11,15-16H,8-10H2,1-2H3. The molecule has 5 rings (SSSR count). The Balaban J connectivity index is 1.54. The van der Waals surface area contributed by atoms with Gasteiger partial charge in [0.1, 0.15) is 12.1 Å². The summed E-state index contributed by atoms with van der Waals surface area (Å²) in [6, 6.07) is 7.99. The van der Waals surface area contributed by atoms with E-state index < -0.39 is 10.0 Å². The second-order valence-electron chi connectivity index (χ2n) is 6.88. The van der Waals surface area contributed by atoms with E-state index in [9.17, 15) is 13.2 Å². The van der Waals surface area contributed by atoms with Gasteiger partial charge in [0.2, 0.25) is 10.0 Å². The molecule has 4 heterocycles. The molecule has 3 fully saturated rings. The fraction of sp³-hybridized carbons (Fsp3) is 0.389. The highest BCUT2D eigenvalue weighted by atomic mass is 32.2. The van der Waals surface area contributed by atoms with E-state index in [2.05, 4.69) is 14.9 Å². The highest BCUT2D eigenvalue weighted by molar-refractivity contribution is 7.89. The zero-order chi connectivity index (χ0) is 18.5. The molecule has 0 spiro atoms. The molecule has 136 valence electrons. The van der Waals surface area contributed by atoms with Crippen LogP contribution >= 0.6 is 0 Å². The monoisotopic (exact) mass is 372 g/mol. The molecule has 2 unspecified atom stereocenters. The number of carbonyl (C=O) groups excluding carboxylic acids is 1. The quantitative estimate of drug-likeness (QED) is 0.759. The van der Waals surface area contributed by atoms with Crippen molar-refractivity contribution in [3.8, 4) is 0 Å². The van der Waals surface area contributed by atoms with Crippen molar-refractivity contribution in [1.29, 1.82) is 0 Å². The predicted octanol–water partition coefficient (Wildman–Crippen LogP) is 1.64. The topological polar surface area (TPSA) is 83.5 Å². The van der Waals surface area contributed by atoms with Crippen molar-refractivity contribution >= 4 is 21.6 Å². The average molecular weight is 372 g/mol. The number of ketones is 1. The smallest absolute Gasteiger partial charge is 0.243 e. The van der Waals surface area contributed by atoms with Crippen LogP contribution in [0.15, 0.2) is 41.6 Å². The Kier molecular flexibility index (Phi) is 4.04. The molecule has 7 nitrogen and oxygen atoms in total. The number of nitrogens with zero attached hydrogens (tertiary/aromatic N) is 4. The van der Waals surface area contributed by atoms with Crippen molar-refractivity contribution in [2.75, 3.05) is 18.0 Å². The fourth-order valence-electron chi connectivity index (χ4n) is 3.75. The first-order valence-electron chi connectivity index (χ1n) is 8.54. The van der Waals surface area contributed by atoms with Gasteiger partial charge in [0, 0.05) is 42.5 Å². The Hall–Kier alpha value is -2.32. The lowest BCUT2D eigenvalue weighted by atomic mass is 9.91. The van der Waals surface area contributed by atoms with Crippen LogP contribution in [0.25, 0.3) is 0 Å². The summed E-state index contributed by atoms with van der Waals surface area (Å²) in [5.41, 5.74) is 1.40. The fourth-order valence-corrected chi connectivity index (χ4v) is 5.57. The number of fused-ring (bicyclic) bond motifs is 2. The van der Waals surface area contributed by atoms with Crippen molar-refractivity contribution in [1.82, 2.24) is 14.3 Å². The molecule has 3 aliphatic rings. The Morgan fingerprint density at radius 2 is 1.77 bits per heavy atom. The number of hydrogen-bond acceptors (Lipinski definition) is 6. The maximum absolute atomic E-state index is 13.0. The summed E-state index contributed by atoms with van der Waals surface area (Å²) in [5, 5.41) is 0. The Bertz CT molecular complexity index is 947. The second kappa shape index (κ2) is 6.14. The van der Waals surface area contributed by atoms with Crippen LogP contribution in [0.4, 0.5) is 5.82 Å². The van der Waals surface area contributed by atoms with Gasteiger partial charge >= 0.3 is 0 Å². The number of piperazine rings is 1. The number of carbonyl (C=O) groups is 1. The van der Waals surface area contributed by atoms with Gasteiger partial charge in [-0.25, -0.2) is 18.4 Å². The normalized spacial score (nSPS) is 22.8. The van der Waals surface area contributed by atoms with Gasteiger partial charge < -0.3 is 4.90 Å². The number of rotatable bonds is 4. The van der Waals surface area contributed by atoms with Crippen LogP contribution in [-0.2, 0) is 10.0 Å². The third-order valence-corrected chi connectivity index (χ3v) is 7.10. The number of aryl methyl sites for hydroxylation is 1. The van der Waals surface area contributed by atoms with E-state index in [0.717, 1.165) is 17.9 Å². The summed E-state index contributed by atoms with van der Waals surface area (Å²) >= 11 is 0. The molecule has 8 heteroatoms. The Labute approximate surface area is 152 Å². The summed E-state index contributed by atoms with van der Waals surface area (Å²) in [6.45, 7) is 4.62. The molecular formula is C18H20N4O3S. The predicted molar refractivity (Wildman–Crippen MR) is 96.6 cm³/mol. The van der Waals surface area contributed by atoms with Crippen LogP contribution in [0, 0.1) is 6.92 Å². The average Bonchev–Trinajstić information content (AvgIpc) is 2.61. The molecule has 0 amide bonds. The summed E-state index contributed by atoms with van der Waals surface area (Å²) in [6.07, 6.45) is 2.40. The van der Waals surface area contributed by atoms with Gasteiger partial charge in [-0.05, 0) is 32.4 Å². The van der Waals surface area contributed by atoms with Gasteiger partial charge in [-0.15, -0.1) is 0 Å². The van der Waals surface area contributed by atoms with Crippen LogP contribution in [0.2, 0.25) is 0 Å². The van der Waals surface area contributed by atoms with Crippen LogP contribution < -0.4 is 4.90 Å². The number of piperidine rings is 1. The molecular weight excluding hydrogens is 352 g/mol. The van der Waals surface area contributed by atoms with Gasteiger partial charge in [0.25, 0.3) is 0 Å². The molecule has 1 aromatic heterocycles. The number of sulfonamides is 1. The lowest BCUT2D eigenvalue weighted by Crippen LogP contribution is -2.70. The van der Waals surface area contributed by atoms with E-state index in [1.807, 2.05) is 13.0 Å². The van der Waals surface area contributed by atoms with Crippen LogP contribution in [0.5, 0.6) is 0 Å². The number of aromatic nitrogens is 2. The van der Waals surface area contributed by atoms with E-state index in [1.165, 1.54) is 25.4 Å². The van der Waals surface area contributed by atoms with E-state index in [1.54, 1.807) is 16.4 Å². The van der Waals surface area contributed by atoms with Crippen molar-refractivity contribution < 1.29 is 13.2 Å². The highest BCUT2D eigenvalue weighted by Crippen LogP contribution is 2.38. The molecule has 0 aliphatic carbocycles. The van der Waals surface area contributed by atoms with Crippen LogP contribution in [0.3, 0.4) is 0 Å². The molecule has 3 saturated heterocycles. The first-order chi connectivity index (χ1) is 12.4. The molecule has 1 aromatic carbocycles. The first-order valence-corrected chi connectivity index (χ1v) is 9.98. The molecule has 2 atom stereocenters. The number of hydrogen-bond donors (Lipinski definition) is 0.